The third kappa shape index (κ3) is 1.90. The van der Waals surface area contributed by atoms with Gasteiger partial charge in [0, 0.05) is 5.56 Å². The summed E-state index contributed by atoms with van der Waals surface area (Å²) in [7, 11) is 0. The third-order valence-electron chi connectivity index (χ3n) is 4.21. The first kappa shape index (κ1) is 13.0. The normalized spacial score (nSPS) is 11.9. The summed E-state index contributed by atoms with van der Waals surface area (Å²) in [6.45, 7) is 0. The van der Waals surface area contributed by atoms with Crippen LogP contribution in [0.15, 0.2) is 66.7 Å². The van der Waals surface area contributed by atoms with Crippen LogP contribution in [0.3, 0.4) is 0 Å². The first-order chi connectivity index (χ1) is 10.8. The van der Waals surface area contributed by atoms with Gasteiger partial charge in [0.15, 0.2) is 0 Å². The monoisotopic (exact) mass is 293 g/mol. The number of anilines is 1. The Bertz CT molecular complexity index is 841. The predicted molar refractivity (Wildman–Crippen MR) is 84.8 cm³/mol. The third-order valence-corrected chi connectivity index (χ3v) is 4.21. The molecule has 22 heavy (non-hydrogen) atoms. The molecule has 1 aliphatic rings. The molecule has 0 spiro atoms. The number of nitrogens with zero attached hydrogens (tertiary/aromatic N) is 1. The van der Waals surface area contributed by atoms with E-state index >= 15 is 0 Å². The molecule has 0 fully saturated rings. The van der Waals surface area contributed by atoms with Crippen molar-refractivity contribution in [3.05, 3.63) is 77.9 Å². The molecule has 0 radical (unpaired) electrons. The van der Waals surface area contributed by atoms with Gasteiger partial charge in [0.1, 0.15) is 5.69 Å². The topological polar surface area (TPSA) is 3.24 Å². The molecule has 3 heteroatoms. The standard InChI is InChI=1S/C19H13F2N/c20-22(21)18-11-10-16-15-9-5-4-8-14(15)12-17(16)19(18)13-6-2-1-3-7-13/h1-11H,12H2. The van der Waals surface area contributed by atoms with Gasteiger partial charge >= 0.3 is 0 Å². The molecule has 1 aliphatic carbocycles. The van der Waals surface area contributed by atoms with Gasteiger partial charge in [-0.2, -0.15) is 0 Å². The van der Waals surface area contributed by atoms with Crippen molar-refractivity contribution in [3.63, 3.8) is 0 Å². The number of hydrogen-bond donors (Lipinski definition) is 0. The van der Waals surface area contributed by atoms with Crippen LogP contribution >= 0.6 is 0 Å². The fraction of sp³-hybridized carbons (Fsp3) is 0.0526. The summed E-state index contributed by atoms with van der Waals surface area (Å²) in [5.41, 5.74) is 5.77. The van der Waals surface area contributed by atoms with Crippen molar-refractivity contribution in [2.75, 3.05) is 5.34 Å². The van der Waals surface area contributed by atoms with Crippen LogP contribution in [0.1, 0.15) is 11.1 Å². The maximum atomic E-state index is 13.3. The number of rotatable bonds is 2. The maximum absolute atomic E-state index is 13.3. The van der Waals surface area contributed by atoms with E-state index in [1.165, 1.54) is 11.6 Å². The van der Waals surface area contributed by atoms with Crippen LogP contribution in [0, 0.1) is 0 Å². The fourth-order valence-corrected chi connectivity index (χ4v) is 3.27. The zero-order valence-corrected chi connectivity index (χ0v) is 11.8. The fourth-order valence-electron chi connectivity index (χ4n) is 3.27. The van der Waals surface area contributed by atoms with Crippen molar-refractivity contribution in [1.29, 1.82) is 0 Å². The molecule has 0 heterocycles. The molecule has 0 N–H and O–H groups in total. The lowest BCUT2D eigenvalue weighted by Gasteiger charge is -2.15. The Morgan fingerprint density at radius 2 is 1.45 bits per heavy atom. The van der Waals surface area contributed by atoms with Gasteiger partial charge in [0.2, 0.25) is 0 Å². The van der Waals surface area contributed by atoms with Gasteiger partial charge in [0.05, 0.1) is 0 Å². The van der Waals surface area contributed by atoms with E-state index in [1.807, 2.05) is 42.5 Å². The highest BCUT2D eigenvalue weighted by Crippen LogP contribution is 2.45. The van der Waals surface area contributed by atoms with E-state index in [4.69, 9.17) is 0 Å². The summed E-state index contributed by atoms with van der Waals surface area (Å²) in [5.74, 6) is 0. The number of fused-ring (bicyclic) bond motifs is 3. The Morgan fingerprint density at radius 3 is 2.23 bits per heavy atom. The molecule has 108 valence electrons. The van der Waals surface area contributed by atoms with E-state index < -0.39 is 5.34 Å². The van der Waals surface area contributed by atoms with Crippen LogP contribution in [0.2, 0.25) is 0 Å². The van der Waals surface area contributed by atoms with Gasteiger partial charge in [-0.3, -0.25) is 0 Å². The van der Waals surface area contributed by atoms with E-state index in [2.05, 4.69) is 12.1 Å². The zero-order valence-electron chi connectivity index (χ0n) is 11.8. The molecule has 1 nitrogen and oxygen atoms in total. The van der Waals surface area contributed by atoms with Crippen LogP contribution in [-0.2, 0) is 6.42 Å². The highest BCUT2D eigenvalue weighted by atomic mass is 19.4. The summed E-state index contributed by atoms with van der Waals surface area (Å²) < 4.78 is 26.7. The van der Waals surface area contributed by atoms with Crippen molar-refractivity contribution in [1.82, 2.24) is 0 Å². The summed E-state index contributed by atoms with van der Waals surface area (Å²) in [6, 6.07) is 20.8. The summed E-state index contributed by atoms with van der Waals surface area (Å²) in [6.07, 6.45) is 0.692. The SMILES string of the molecule is FN(F)c1ccc2c(c1-c1ccccc1)Cc1ccccc1-2. The average molecular weight is 293 g/mol. The minimum atomic E-state index is -0.786. The van der Waals surface area contributed by atoms with Crippen LogP contribution in [0.4, 0.5) is 14.6 Å². The number of benzene rings is 3. The first-order valence-corrected chi connectivity index (χ1v) is 7.17. The highest BCUT2D eigenvalue weighted by molar-refractivity contribution is 5.91. The van der Waals surface area contributed by atoms with Crippen LogP contribution in [0.5, 0.6) is 0 Å². The largest absolute Gasteiger partial charge is 0.113 e. The lowest BCUT2D eigenvalue weighted by Crippen LogP contribution is -2.01. The lowest BCUT2D eigenvalue weighted by molar-refractivity contribution is 0.235. The minimum Gasteiger partial charge on any atom is -0.0666 e. The van der Waals surface area contributed by atoms with E-state index in [0.717, 1.165) is 22.3 Å². The van der Waals surface area contributed by atoms with E-state index in [9.17, 15) is 8.96 Å². The lowest BCUT2D eigenvalue weighted by atomic mass is 9.94. The van der Waals surface area contributed by atoms with Crippen molar-refractivity contribution in [2.24, 2.45) is 0 Å². The number of halogens is 2. The summed E-state index contributed by atoms with van der Waals surface area (Å²) >= 11 is 0. The molecular weight excluding hydrogens is 280 g/mol. The van der Waals surface area contributed by atoms with E-state index in [-0.39, 0.29) is 5.69 Å². The highest BCUT2D eigenvalue weighted by Gasteiger charge is 2.25. The molecule has 0 aliphatic heterocycles. The smallest absolute Gasteiger partial charge is 0.0666 e. The average Bonchev–Trinajstić information content (AvgIpc) is 2.93. The molecular formula is C19H13F2N. The molecule has 0 unspecified atom stereocenters. The molecule has 3 aromatic rings. The maximum Gasteiger partial charge on any atom is 0.113 e. The minimum absolute atomic E-state index is 0.0437. The number of hydrogen-bond acceptors (Lipinski definition) is 1. The molecule has 0 saturated heterocycles. The van der Waals surface area contributed by atoms with E-state index in [0.29, 0.717) is 12.0 Å². The van der Waals surface area contributed by atoms with Gasteiger partial charge in [0.25, 0.3) is 0 Å². The molecule has 0 bridgehead atoms. The molecule has 0 amide bonds. The van der Waals surface area contributed by atoms with Crippen molar-refractivity contribution < 1.29 is 8.96 Å². The van der Waals surface area contributed by atoms with Gasteiger partial charge in [-0.1, -0.05) is 69.6 Å². The van der Waals surface area contributed by atoms with Crippen LogP contribution in [-0.4, -0.2) is 0 Å². The van der Waals surface area contributed by atoms with Crippen LogP contribution < -0.4 is 5.34 Å². The van der Waals surface area contributed by atoms with Gasteiger partial charge in [-0.15, -0.1) is 0 Å². The van der Waals surface area contributed by atoms with Gasteiger partial charge < -0.3 is 0 Å². The first-order valence-electron chi connectivity index (χ1n) is 7.17. The Hall–Kier alpha value is -2.68. The van der Waals surface area contributed by atoms with Crippen molar-refractivity contribution in [3.8, 4) is 22.3 Å². The van der Waals surface area contributed by atoms with E-state index in [1.54, 1.807) is 6.07 Å². The van der Waals surface area contributed by atoms with Crippen LogP contribution in [0.25, 0.3) is 22.3 Å². The second-order valence-electron chi connectivity index (χ2n) is 5.42. The zero-order chi connectivity index (χ0) is 15.1. The second kappa shape index (κ2) is 4.95. The Kier molecular flexibility index (Phi) is 2.93. The molecule has 0 saturated carbocycles. The Morgan fingerprint density at radius 1 is 0.727 bits per heavy atom. The second-order valence-corrected chi connectivity index (χ2v) is 5.42. The summed E-state index contributed by atoms with van der Waals surface area (Å²) in [4.78, 5) is 0. The Labute approximate surface area is 127 Å². The molecule has 4 rings (SSSR count). The quantitative estimate of drug-likeness (QED) is 0.441. The predicted octanol–water partition coefficient (Wildman–Crippen LogP) is 5.50. The van der Waals surface area contributed by atoms with Gasteiger partial charge in [-0.25, -0.2) is 0 Å². The Balaban J connectivity index is 2.01. The van der Waals surface area contributed by atoms with Crippen molar-refractivity contribution >= 4 is 5.69 Å². The van der Waals surface area contributed by atoms with Crippen molar-refractivity contribution in [2.45, 2.75) is 6.42 Å². The molecule has 0 atom stereocenters. The summed E-state index contributed by atoms with van der Waals surface area (Å²) in [5, 5.41) is -0.786. The molecule has 3 aromatic carbocycles. The molecule has 0 aromatic heterocycles. The van der Waals surface area contributed by atoms with Gasteiger partial charge in [-0.05, 0) is 45.6 Å².